The van der Waals surface area contributed by atoms with E-state index >= 15 is 0 Å². The molecule has 104 valence electrons. The summed E-state index contributed by atoms with van der Waals surface area (Å²) in [7, 11) is 2.05. The number of anilines is 1. The number of nitrogens with one attached hydrogen (secondary N) is 1. The molecule has 2 aliphatic rings. The molecular formula is C15H24N4. The Bertz CT molecular complexity index is 424. The predicted octanol–water partition coefficient (Wildman–Crippen LogP) is 1.79. The second-order valence-corrected chi connectivity index (χ2v) is 5.82. The molecule has 0 bridgehead atoms. The molecule has 0 atom stereocenters. The number of nitrogens with zero attached hydrogens (tertiary/aromatic N) is 3. The maximum absolute atomic E-state index is 4.59. The van der Waals surface area contributed by atoms with Crippen molar-refractivity contribution in [2.75, 3.05) is 31.6 Å². The van der Waals surface area contributed by atoms with Gasteiger partial charge in [0.2, 0.25) is 0 Å². The minimum Gasteiger partial charge on any atom is -0.356 e. The average molecular weight is 260 g/mol. The highest BCUT2D eigenvalue weighted by molar-refractivity contribution is 5.49. The number of aromatic nitrogens is 2. The van der Waals surface area contributed by atoms with Crippen molar-refractivity contribution in [2.24, 2.45) is 5.92 Å². The van der Waals surface area contributed by atoms with Gasteiger partial charge in [-0.15, -0.1) is 0 Å². The minimum atomic E-state index is 0.832. The van der Waals surface area contributed by atoms with Gasteiger partial charge in [-0.25, -0.2) is 9.97 Å². The van der Waals surface area contributed by atoms with E-state index in [1.54, 1.807) is 6.33 Å². The van der Waals surface area contributed by atoms with Crippen molar-refractivity contribution in [3.05, 3.63) is 17.6 Å². The summed E-state index contributed by atoms with van der Waals surface area (Å²) in [6.07, 6.45) is 9.21. The summed E-state index contributed by atoms with van der Waals surface area (Å²) in [5, 5.41) is 3.30. The van der Waals surface area contributed by atoms with E-state index in [0.29, 0.717) is 0 Å². The first-order valence-corrected chi connectivity index (χ1v) is 7.61. The Morgan fingerprint density at radius 1 is 1.21 bits per heavy atom. The van der Waals surface area contributed by atoms with Crippen LogP contribution >= 0.6 is 0 Å². The van der Waals surface area contributed by atoms with Crippen LogP contribution in [0.2, 0.25) is 0 Å². The lowest BCUT2D eigenvalue weighted by Crippen LogP contribution is -2.38. The van der Waals surface area contributed by atoms with Crippen molar-refractivity contribution in [1.29, 1.82) is 0 Å². The summed E-state index contributed by atoms with van der Waals surface area (Å²) in [5.74, 6) is 2.06. The summed E-state index contributed by atoms with van der Waals surface area (Å²) in [6, 6.07) is 0. The zero-order valence-electron chi connectivity index (χ0n) is 11.9. The minimum absolute atomic E-state index is 0.832. The quantitative estimate of drug-likeness (QED) is 0.899. The van der Waals surface area contributed by atoms with Crippen molar-refractivity contribution < 1.29 is 0 Å². The van der Waals surface area contributed by atoms with Crippen LogP contribution in [0.1, 0.15) is 36.9 Å². The van der Waals surface area contributed by atoms with Gasteiger partial charge in [-0.1, -0.05) is 0 Å². The zero-order valence-corrected chi connectivity index (χ0v) is 11.9. The molecule has 1 saturated heterocycles. The molecule has 0 amide bonds. The standard InChI is InChI=1S/C15H24N4/c1-16-10-12-6-8-19(9-7-12)15-13-4-2-3-5-14(13)17-11-18-15/h11-12,16H,2-10H2,1H3. The van der Waals surface area contributed by atoms with E-state index in [9.17, 15) is 0 Å². The van der Waals surface area contributed by atoms with Crippen LogP contribution in [-0.4, -0.2) is 36.6 Å². The van der Waals surface area contributed by atoms with E-state index in [1.807, 2.05) is 7.05 Å². The second-order valence-electron chi connectivity index (χ2n) is 5.82. The number of hydrogen-bond acceptors (Lipinski definition) is 4. The largest absolute Gasteiger partial charge is 0.356 e. The molecule has 4 nitrogen and oxygen atoms in total. The lowest BCUT2D eigenvalue weighted by atomic mass is 9.93. The van der Waals surface area contributed by atoms with Crippen LogP contribution in [0.4, 0.5) is 5.82 Å². The Kier molecular flexibility index (Phi) is 3.97. The molecular weight excluding hydrogens is 236 g/mol. The number of fused-ring (bicyclic) bond motifs is 1. The highest BCUT2D eigenvalue weighted by Gasteiger charge is 2.24. The topological polar surface area (TPSA) is 41.0 Å². The lowest BCUT2D eigenvalue weighted by Gasteiger charge is -2.34. The van der Waals surface area contributed by atoms with Gasteiger partial charge in [0.15, 0.2) is 0 Å². The van der Waals surface area contributed by atoms with Gasteiger partial charge in [-0.05, 0) is 58.0 Å². The maximum atomic E-state index is 4.59. The Morgan fingerprint density at radius 2 is 2.00 bits per heavy atom. The van der Waals surface area contributed by atoms with Gasteiger partial charge in [0.05, 0.1) is 0 Å². The van der Waals surface area contributed by atoms with Crippen LogP contribution in [0.15, 0.2) is 6.33 Å². The van der Waals surface area contributed by atoms with E-state index in [4.69, 9.17) is 0 Å². The number of piperidine rings is 1. The van der Waals surface area contributed by atoms with E-state index in [2.05, 4.69) is 20.2 Å². The molecule has 3 rings (SSSR count). The van der Waals surface area contributed by atoms with E-state index in [1.165, 1.54) is 49.2 Å². The number of hydrogen-bond donors (Lipinski definition) is 1. The molecule has 1 aromatic rings. The van der Waals surface area contributed by atoms with E-state index in [-0.39, 0.29) is 0 Å². The molecule has 0 spiro atoms. The summed E-state index contributed by atoms with van der Waals surface area (Å²) in [5.41, 5.74) is 2.73. The third kappa shape index (κ3) is 2.73. The second kappa shape index (κ2) is 5.87. The zero-order chi connectivity index (χ0) is 13.1. The molecule has 4 heteroatoms. The fourth-order valence-corrected chi connectivity index (χ4v) is 3.41. The van der Waals surface area contributed by atoms with Crippen LogP contribution in [0.5, 0.6) is 0 Å². The van der Waals surface area contributed by atoms with Crippen LogP contribution < -0.4 is 10.2 Å². The first kappa shape index (κ1) is 12.9. The monoisotopic (exact) mass is 260 g/mol. The molecule has 0 saturated carbocycles. The van der Waals surface area contributed by atoms with E-state index in [0.717, 1.165) is 32.0 Å². The highest BCUT2D eigenvalue weighted by Crippen LogP contribution is 2.29. The number of aryl methyl sites for hydroxylation is 1. The fraction of sp³-hybridized carbons (Fsp3) is 0.733. The third-order valence-electron chi connectivity index (χ3n) is 4.51. The molecule has 0 radical (unpaired) electrons. The first-order chi connectivity index (χ1) is 9.38. The van der Waals surface area contributed by atoms with Gasteiger partial charge in [0.25, 0.3) is 0 Å². The Hall–Kier alpha value is -1.16. The third-order valence-corrected chi connectivity index (χ3v) is 4.51. The Labute approximate surface area is 115 Å². The van der Waals surface area contributed by atoms with Crippen LogP contribution in [0, 0.1) is 5.92 Å². The molecule has 1 N–H and O–H groups in total. The number of rotatable bonds is 3. The first-order valence-electron chi connectivity index (χ1n) is 7.61. The van der Waals surface area contributed by atoms with Crippen LogP contribution in [-0.2, 0) is 12.8 Å². The SMILES string of the molecule is CNCC1CCN(c2ncnc3c2CCCC3)CC1. The molecule has 2 heterocycles. The van der Waals surface area contributed by atoms with Crippen molar-refractivity contribution in [2.45, 2.75) is 38.5 Å². The van der Waals surface area contributed by atoms with Crippen molar-refractivity contribution in [3.8, 4) is 0 Å². The smallest absolute Gasteiger partial charge is 0.135 e. The average Bonchev–Trinajstić information content (AvgIpc) is 2.48. The molecule has 0 aromatic carbocycles. The summed E-state index contributed by atoms with van der Waals surface area (Å²) in [6.45, 7) is 3.45. The Balaban J connectivity index is 1.73. The molecule has 1 fully saturated rings. The van der Waals surface area contributed by atoms with Gasteiger partial charge in [0.1, 0.15) is 12.1 Å². The van der Waals surface area contributed by atoms with Gasteiger partial charge in [0, 0.05) is 24.3 Å². The summed E-state index contributed by atoms with van der Waals surface area (Å²) < 4.78 is 0. The molecule has 1 aromatic heterocycles. The molecule has 0 unspecified atom stereocenters. The van der Waals surface area contributed by atoms with Gasteiger partial charge >= 0.3 is 0 Å². The fourth-order valence-electron chi connectivity index (χ4n) is 3.41. The summed E-state index contributed by atoms with van der Waals surface area (Å²) >= 11 is 0. The lowest BCUT2D eigenvalue weighted by molar-refractivity contribution is 0.391. The highest BCUT2D eigenvalue weighted by atomic mass is 15.2. The van der Waals surface area contributed by atoms with Crippen LogP contribution in [0.25, 0.3) is 0 Å². The molecule has 1 aliphatic heterocycles. The van der Waals surface area contributed by atoms with E-state index < -0.39 is 0 Å². The van der Waals surface area contributed by atoms with Gasteiger partial charge in [-0.3, -0.25) is 0 Å². The van der Waals surface area contributed by atoms with Crippen molar-refractivity contribution >= 4 is 5.82 Å². The Morgan fingerprint density at radius 3 is 2.79 bits per heavy atom. The molecule has 1 aliphatic carbocycles. The summed E-state index contributed by atoms with van der Waals surface area (Å²) in [4.78, 5) is 11.5. The maximum Gasteiger partial charge on any atom is 0.135 e. The van der Waals surface area contributed by atoms with Crippen molar-refractivity contribution in [1.82, 2.24) is 15.3 Å². The molecule has 19 heavy (non-hydrogen) atoms. The normalized spacial score (nSPS) is 20.4. The van der Waals surface area contributed by atoms with Gasteiger partial charge in [-0.2, -0.15) is 0 Å². The van der Waals surface area contributed by atoms with Crippen LogP contribution in [0.3, 0.4) is 0 Å². The van der Waals surface area contributed by atoms with Crippen molar-refractivity contribution in [3.63, 3.8) is 0 Å². The van der Waals surface area contributed by atoms with Gasteiger partial charge < -0.3 is 10.2 Å². The predicted molar refractivity (Wildman–Crippen MR) is 77.5 cm³/mol.